The molecule has 0 radical (unpaired) electrons. The molecular weight excluding hydrogens is 336 g/mol. The van der Waals surface area contributed by atoms with Crippen molar-refractivity contribution in [3.05, 3.63) is 47.4 Å². The first-order valence-corrected chi connectivity index (χ1v) is 8.44. The van der Waals surface area contributed by atoms with Gasteiger partial charge in [-0.1, -0.05) is 11.6 Å². The van der Waals surface area contributed by atoms with E-state index in [1.54, 1.807) is 18.4 Å². The van der Waals surface area contributed by atoms with Gasteiger partial charge in [-0.25, -0.2) is 0 Å². The van der Waals surface area contributed by atoms with E-state index in [-0.39, 0.29) is 18.2 Å². The smallest absolute Gasteiger partial charge is 0.238 e. The number of hydrogen-bond acceptors (Lipinski definition) is 4. The number of hydrogen-bond donors (Lipinski definition) is 2. The molecule has 1 aromatic heterocycles. The van der Waals surface area contributed by atoms with Crippen LogP contribution in [0.25, 0.3) is 0 Å². The normalized spacial score (nSPS) is 16.6. The molecule has 23 heavy (non-hydrogen) atoms. The highest BCUT2D eigenvalue weighted by Gasteiger charge is 2.28. The van der Waals surface area contributed by atoms with Crippen LogP contribution >= 0.6 is 23.4 Å². The third kappa shape index (κ3) is 4.09. The van der Waals surface area contributed by atoms with Crippen LogP contribution in [0.2, 0.25) is 5.02 Å². The van der Waals surface area contributed by atoms with Gasteiger partial charge in [-0.3, -0.25) is 9.59 Å². The molecule has 1 aromatic carbocycles. The van der Waals surface area contributed by atoms with E-state index in [4.69, 9.17) is 16.0 Å². The average Bonchev–Trinajstić information content (AvgIpc) is 3.01. The van der Waals surface area contributed by atoms with Crippen LogP contribution in [0, 0.1) is 0 Å². The Morgan fingerprint density at radius 2 is 2.26 bits per heavy atom. The van der Waals surface area contributed by atoms with Gasteiger partial charge in [-0.15, -0.1) is 11.8 Å². The van der Waals surface area contributed by atoms with Crippen molar-refractivity contribution in [2.45, 2.75) is 23.0 Å². The number of carbonyl (C=O) groups is 2. The topological polar surface area (TPSA) is 71.3 Å². The molecule has 2 amide bonds. The van der Waals surface area contributed by atoms with E-state index in [0.29, 0.717) is 23.7 Å². The summed E-state index contributed by atoms with van der Waals surface area (Å²) in [4.78, 5) is 25.0. The third-order valence-electron chi connectivity index (χ3n) is 3.41. The lowest BCUT2D eigenvalue weighted by Gasteiger charge is -2.23. The highest BCUT2D eigenvalue weighted by Crippen LogP contribution is 2.38. The van der Waals surface area contributed by atoms with Crippen LogP contribution in [0.1, 0.15) is 12.2 Å². The largest absolute Gasteiger partial charge is 0.469 e. The van der Waals surface area contributed by atoms with Crippen molar-refractivity contribution in [1.29, 1.82) is 0 Å². The zero-order chi connectivity index (χ0) is 16.2. The van der Waals surface area contributed by atoms with Crippen molar-refractivity contribution in [1.82, 2.24) is 5.32 Å². The number of carbonyl (C=O) groups excluding carboxylic acids is 2. The van der Waals surface area contributed by atoms with Crippen molar-refractivity contribution in [2.24, 2.45) is 0 Å². The Labute approximate surface area is 142 Å². The van der Waals surface area contributed by atoms with Gasteiger partial charge in [0.1, 0.15) is 5.76 Å². The van der Waals surface area contributed by atoms with E-state index >= 15 is 0 Å². The fourth-order valence-electron chi connectivity index (χ4n) is 2.28. The van der Waals surface area contributed by atoms with Crippen LogP contribution in [0.5, 0.6) is 0 Å². The van der Waals surface area contributed by atoms with E-state index in [9.17, 15) is 9.59 Å². The molecule has 0 bridgehead atoms. The predicted octanol–water partition coefficient (Wildman–Crippen LogP) is 3.09. The monoisotopic (exact) mass is 350 g/mol. The summed E-state index contributed by atoms with van der Waals surface area (Å²) in [7, 11) is 0. The zero-order valence-corrected chi connectivity index (χ0v) is 13.7. The first-order chi connectivity index (χ1) is 11.1. The minimum atomic E-state index is -0.438. The van der Waals surface area contributed by atoms with Gasteiger partial charge in [0.05, 0.1) is 17.2 Å². The Bertz CT molecular complexity index is 718. The Kier molecular flexibility index (Phi) is 4.93. The number of furan rings is 1. The van der Waals surface area contributed by atoms with E-state index in [0.717, 1.165) is 10.7 Å². The Morgan fingerprint density at radius 1 is 1.39 bits per heavy atom. The van der Waals surface area contributed by atoms with Crippen LogP contribution in [0.3, 0.4) is 0 Å². The molecule has 1 aliphatic heterocycles. The SMILES string of the molecule is O=C(C[C@@H]1Sc2ccc(Cl)cc2NC1=O)NCCc1ccco1. The van der Waals surface area contributed by atoms with Gasteiger partial charge in [0, 0.05) is 29.3 Å². The minimum Gasteiger partial charge on any atom is -0.469 e. The van der Waals surface area contributed by atoms with Gasteiger partial charge >= 0.3 is 0 Å². The Hall–Kier alpha value is -1.92. The number of halogens is 1. The lowest BCUT2D eigenvalue weighted by molar-refractivity contribution is -0.124. The highest BCUT2D eigenvalue weighted by atomic mass is 35.5. The van der Waals surface area contributed by atoms with Crippen LogP contribution in [-0.2, 0) is 16.0 Å². The van der Waals surface area contributed by atoms with Crippen LogP contribution in [0.4, 0.5) is 5.69 Å². The molecule has 2 N–H and O–H groups in total. The summed E-state index contributed by atoms with van der Waals surface area (Å²) in [5.41, 5.74) is 0.696. The van der Waals surface area contributed by atoms with E-state index in [1.165, 1.54) is 11.8 Å². The molecule has 0 aliphatic carbocycles. The molecule has 1 atom stereocenters. The van der Waals surface area contributed by atoms with Gasteiger partial charge in [0.25, 0.3) is 0 Å². The standard InChI is InChI=1S/C16H15ClN2O3S/c17-10-3-4-13-12(8-10)19-16(21)14(23-13)9-15(20)18-6-5-11-2-1-7-22-11/h1-4,7-8,14H,5-6,9H2,(H,18,20)(H,19,21)/t14-/m0/s1. The van der Waals surface area contributed by atoms with Crippen LogP contribution in [-0.4, -0.2) is 23.6 Å². The first kappa shape index (κ1) is 16.0. The maximum Gasteiger partial charge on any atom is 0.238 e. The molecule has 1 aliphatic rings. The predicted molar refractivity (Wildman–Crippen MR) is 89.8 cm³/mol. The molecule has 0 fully saturated rings. The second-order valence-corrected chi connectivity index (χ2v) is 6.80. The number of fused-ring (bicyclic) bond motifs is 1. The van der Waals surface area contributed by atoms with Gasteiger partial charge in [-0.05, 0) is 30.3 Å². The maximum atomic E-state index is 12.1. The third-order valence-corrected chi connectivity index (χ3v) is 4.92. The molecular formula is C16H15ClN2O3S. The molecule has 3 rings (SSSR count). The van der Waals surface area contributed by atoms with E-state index in [2.05, 4.69) is 10.6 Å². The fraction of sp³-hybridized carbons (Fsp3) is 0.250. The molecule has 0 unspecified atom stereocenters. The second-order valence-electron chi connectivity index (χ2n) is 5.12. The van der Waals surface area contributed by atoms with Gasteiger partial charge in [-0.2, -0.15) is 0 Å². The number of nitrogens with one attached hydrogen (secondary N) is 2. The lowest BCUT2D eigenvalue weighted by atomic mass is 10.2. The Balaban J connectivity index is 1.52. The number of benzene rings is 1. The summed E-state index contributed by atoms with van der Waals surface area (Å²) in [6.07, 6.45) is 2.37. The van der Waals surface area contributed by atoms with Crippen molar-refractivity contribution in [3.63, 3.8) is 0 Å². The van der Waals surface area contributed by atoms with E-state index < -0.39 is 5.25 Å². The zero-order valence-electron chi connectivity index (χ0n) is 12.2. The summed E-state index contributed by atoms with van der Waals surface area (Å²) in [6, 6.07) is 9.00. The summed E-state index contributed by atoms with van der Waals surface area (Å²) < 4.78 is 5.20. The number of anilines is 1. The summed E-state index contributed by atoms with van der Waals surface area (Å²) >= 11 is 7.30. The van der Waals surface area contributed by atoms with Crippen LogP contribution < -0.4 is 10.6 Å². The molecule has 5 nitrogen and oxygen atoms in total. The summed E-state index contributed by atoms with van der Waals surface area (Å²) in [5, 5.41) is 5.73. The molecule has 0 spiro atoms. The first-order valence-electron chi connectivity index (χ1n) is 7.18. The lowest BCUT2D eigenvalue weighted by Crippen LogP contribution is -2.35. The minimum absolute atomic E-state index is 0.136. The fourth-order valence-corrected chi connectivity index (χ4v) is 3.54. The van der Waals surface area contributed by atoms with Gasteiger partial charge in [0.2, 0.25) is 11.8 Å². The molecule has 120 valence electrons. The van der Waals surface area contributed by atoms with Crippen molar-refractivity contribution < 1.29 is 14.0 Å². The quantitative estimate of drug-likeness (QED) is 0.869. The van der Waals surface area contributed by atoms with Crippen molar-refractivity contribution in [2.75, 3.05) is 11.9 Å². The van der Waals surface area contributed by atoms with Crippen molar-refractivity contribution >= 4 is 40.9 Å². The molecule has 2 heterocycles. The van der Waals surface area contributed by atoms with Gasteiger partial charge in [0.15, 0.2) is 0 Å². The second kappa shape index (κ2) is 7.10. The van der Waals surface area contributed by atoms with Gasteiger partial charge < -0.3 is 15.1 Å². The molecule has 0 saturated carbocycles. The average molecular weight is 351 g/mol. The number of rotatable bonds is 5. The summed E-state index contributed by atoms with van der Waals surface area (Å²) in [6.45, 7) is 0.484. The molecule has 7 heteroatoms. The number of thioether (sulfide) groups is 1. The molecule has 2 aromatic rings. The van der Waals surface area contributed by atoms with E-state index in [1.807, 2.05) is 18.2 Å². The highest BCUT2D eigenvalue weighted by molar-refractivity contribution is 8.01. The maximum absolute atomic E-state index is 12.1. The number of amides is 2. The summed E-state index contributed by atoms with van der Waals surface area (Å²) in [5.74, 6) is 0.494. The molecule has 0 saturated heterocycles. The van der Waals surface area contributed by atoms with Crippen LogP contribution in [0.15, 0.2) is 45.9 Å². The van der Waals surface area contributed by atoms with Crippen molar-refractivity contribution in [3.8, 4) is 0 Å². The Morgan fingerprint density at radius 3 is 3.04 bits per heavy atom.